The summed E-state index contributed by atoms with van der Waals surface area (Å²) in [7, 11) is 0. The van der Waals surface area contributed by atoms with Crippen LogP contribution in [-0.4, -0.2) is 12.1 Å². The summed E-state index contributed by atoms with van der Waals surface area (Å²) in [6, 6.07) is 3.11. The minimum atomic E-state index is 0.179. The maximum Gasteiger partial charge on any atom is 0.0958 e. The van der Waals surface area contributed by atoms with Crippen molar-refractivity contribution in [2.75, 3.05) is 0 Å². The molecule has 1 saturated carbocycles. The molecule has 0 amide bonds. The lowest BCUT2D eigenvalue weighted by molar-refractivity contribution is 0.643. The van der Waals surface area contributed by atoms with Crippen molar-refractivity contribution in [3.8, 4) is 6.07 Å². The molecule has 1 saturated heterocycles. The minimum absolute atomic E-state index is 0.179. The Balaban J connectivity index is 2.01. The summed E-state index contributed by atoms with van der Waals surface area (Å²) in [5.74, 6) is 0.861. The summed E-state index contributed by atoms with van der Waals surface area (Å²) in [6.45, 7) is 0. The van der Waals surface area contributed by atoms with Gasteiger partial charge in [0.15, 0.2) is 0 Å². The largest absolute Gasteiger partial charge is 0.299 e. The highest BCUT2D eigenvalue weighted by Crippen LogP contribution is 2.40. The molecule has 3 atom stereocenters. The van der Waals surface area contributed by atoms with Gasteiger partial charge < -0.3 is 0 Å². The quantitative estimate of drug-likeness (QED) is 0.483. The number of nitrogens with one attached hydrogen (secondary N) is 1. The molecule has 0 aromatic carbocycles. The van der Waals surface area contributed by atoms with Crippen LogP contribution in [0.2, 0.25) is 0 Å². The van der Waals surface area contributed by atoms with Crippen molar-refractivity contribution >= 4 is 0 Å². The van der Waals surface area contributed by atoms with Crippen LogP contribution in [0.5, 0.6) is 0 Å². The Morgan fingerprint density at radius 1 is 1.50 bits per heavy atom. The molecule has 2 fully saturated rings. The lowest BCUT2D eigenvalue weighted by atomic mass is 10.2. The van der Waals surface area contributed by atoms with Gasteiger partial charge in [0.2, 0.25) is 0 Å². The highest BCUT2D eigenvalue weighted by Gasteiger charge is 2.45. The molecule has 1 N–H and O–H groups in total. The number of hydrogen-bond donors (Lipinski definition) is 1. The van der Waals surface area contributed by atoms with Crippen LogP contribution in [0.3, 0.4) is 0 Å². The fraction of sp³-hybridized carbons (Fsp3) is 0.833. The molecule has 0 spiro atoms. The third-order valence-electron chi connectivity index (χ3n) is 2.03. The molecule has 0 bridgehead atoms. The predicted octanol–water partition coefficient (Wildman–Crippen LogP) is 0.260. The van der Waals surface area contributed by atoms with Gasteiger partial charge in [0.25, 0.3) is 0 Å². The fourth-order valence-corrected chi connectivity index (χ4v) is 1.43. The second-order valence-corrected chi connectivity index (χ2v) is 2.69. The molecule has 2 aliphatic rings. The van der Waals surface area contributed by atoms with E-state index < -0.39 is 0 Å². The van der Waals surface area contributed by atoms with Crippen molar-refractivity contribution in [1.82, 2.24) is 5.32 Å². The van der Waals surface area contributed by atoms with E-state index in [0.717, 1.165) is 18.4 Å². The third kappa shape index (κ3) is 0.452. The normalized spacial score (nSPS) is 50.1. The van der Waals surface area contributed by atoms with Crippen molar-refractivity contribution in [2.45, 2.75) is 24.9 Å². The monoisotopic (exact) mass is 108 g/mol. The van der Waals surface area contributed by atoms with Gasteiger partial charge in [0, 0.05) is 6.04 Å². The lowest BCUT2D eigenvalue weighted by Crippen LogP contribution is -2.23. The zero-order valence-electron chi connectivity index (χ0n) is 4.59. The van der Waals surface area contributed by atoms with Gasteiger partial charge in [-0.15, -0.1) is 0 Å². The smallest absolute Gasteiger partial charge is 0.0958 e. The Morgan fingerprint density at radius 3 is 2.75 bits per heavy atom. The molecule has 1 heterocycles. The average Bonchev–Trinajstić information content (AvgIpc) is 2.40. The molecule has 1 aliphatic heterocycles. The molecule has 8 heavy (non-hydrogen) atoms. The van der Waals surface area contributed by atoms with Gasteiger partial charge in [-0.3, -0.25) is 5.32 Å². The molecule has 0 aromatic rings. The molecule has 2 nitrogen and oxygen atoms in total. The molecule has 42 valence electrons. The predicted molar refractivity (Wildman–Crippen MR) is 29.0 cm³/mol. The van der Waals surface area contributed by atoms with Crippen molar-refractivity contribution in [3.63, 3.8) is 0 Å². The number of fused-ring (bicyclic) bond motifs is 1. The SMILES string of the molecule is N#C[C@@H]1C[C@H]2C[C@H]2N1. The van der Waals surface area contributed by atoms with E-state index in [1.54, 1.807) is 0 Å². The lowest BCUT2D eigenvalue weighted by Gasteiger charge is -1.98. The summed E-state index contributed by atoms with van der Waals surface area (Å²) in [6.07, 6.45) is 2.42. The first-order chi connectivity index (χ1) is 3.90. The highest BCUT2D eigenvalue weighted by atomic mass is 15.0. The van der Waals surface area contributed by atoms with Crippen LogP contribution in [0.25, 0.3) is 0 Å². The number of piperidine rings is 1. The molecule has 1 aliphatic carbocycles. The first-order valence-corrected chi connectivity index (χ1v) is 3.06. The zero-order valence-corrected chi connectivity index (χ0v) is 4.59. The molecular weight excluding hydrogens is 100 g/mol. The van der Waals surface area contributed by atoms with Gasteiger partial charge in [-0.25, -0.2) is 0 Å². The molecular formula is C6H8N2. The topological polar surface area (TPSA) is 35.8 Å². The van der Waals surface area contributed by atoms with Crippen LogP contribution in [0.15, 0.2) is 0 Å². The molecule has 2 rings (SSSR count). The Kier molecular flexibility index (Phi) is 0.671. The first-order valence-electron chi connectivity index (χ1n) is 3.06. The molecule has 0 aromatic heterocycles. The number of rotatable bonds is 0. The number of nitrogens with zero attached hydrogens (tertiary/aromatic N) is 1. The second-order valence-electron chi connectivity index (χ2n) is 2.69. The van der Waals surface area contributed by atoms with Crippen LogP contribution in [0.4, 0.5) is 0 Å². The standard InChI is InChI=1S/C6H8N2/c7-3-5-1-4-2-6(4)8-5/h4-6,8H,1-2H2/t4-,5-,6+/m0/s1. The maximum atomic E-state index is 8.39. The van der Waals surface area contributed by atoms with Crippen LogP contribution in [0.1, 0.15) is 12.8 Å². The van der Waals surface area contributed by atoms with Gasteiger partial charge >= 0.3 is 0 Å². The van der Waals surface area contributed by atoms with Gasteiger partial charge in [-0.2, -0.15) is 5.26 Å². The number of nitriles is 1. The van der Waals surface area contributed by atoms with E-state index in [0.29, 0.717) is 0 Å². The molecule has 2 heteroatoms. The van der Waals surface area contributed by atoms with Crippen molar-refractivity contribution in [1.29, 1.82) is 5.26 Å². The van der Waals surface area contributed by atoms with E-state index in [1.165, 1.54) is 6.42 Å². The fourth-order valence-electron chi connectivity index (χ4n) is 1.43. The summed E-state index contributed by atoms with van der Waals surface area (Å²) >= 11 is 0. The Labute approximate surface area is 48.5 Å². The van der Waals surface area contributed by atoms with Gasteiger partial charge in [0.05, 0.1) is 12.1 Å². The minimum Gasteiger partial charge on any atom is -0.299 e. The van der Waals surface area contributed by atoms with E-state index in [-0.39, 0.29) is 6.04 Å². The Morgan fingerprint density at radius 2 is 2.38 bits per heavy atom. The summed E-state index contributed by atoms with van der Waals surface area (Å²) in [4.78, 5) is 0. The highest BCUT2D eigenvalue weighted by molar-refractivity contribution is 5.09. The summed E-state index contributed by atoms with van der Waals surface area (Å²) < 4.78 is 0. The van der Waals surface area contributed by atoms with Crippen LogP contribution in [0, 0.1) is 17.2 Å². The summed E-state index contributed by atoms with van der Waals surface area (Å²) in [5.41, 5.74) is 0. The van der Waals surface area contributed by atoms with E-state index in [4.69, 9.17) is 5.26 Å². The Bertz CT molecular complexity index is 137. The second kappa shape index (κ2) is 1.24. The van der Waals surface area contributed by atoms with Gasteiger partial charge in [-0.05, 0) is 18.8 Å². The van der Waals surface area contributed by atoms with E-state index in [2.05, 4.69) is 11.4 Å². The zero-order chi connectivity index (χ0) is 5.56. The van der Waals surface area contributed by atoms with Crippen LogP contribution in [-0.2, 0) is 0 Å². The van der Waals surface area contributed by atoms with E-state index in [1.807, 2.05) is 0 Å². The van der Waals surface area contributed by atoms with Gasteiger partial charge in [-0.1, -0.05) is 0 Å². The van der Waals surface area contributed by atoms with Gasteiger partial charge in [0.1, 0.15) is 0 Å². The van der Waals surface area contributed by atoms with E-state index in [9.17, 15) is 0 Å². The van der Waals surface area contributed by atoms with Crippen LogP contribution >= 0.6 is 0 Å². The molecule has 0 unspecified atom stereocenters. The van der Waals surface area contributed by atoms with Crippen LogP contribution < -0.4 is 5.32 Å². The Hall–Kier alpha value is -0.550. The van der Waals surface area contributed by atoms with Crippen molar-refractivity contribution < 1.29 is 0 Å². The van der Waals surface area contributed by atoms with Crippen molar-refractivity contribution in [3.05, 3.63) is 0 Å². The average molecular weight is 108 g/mol. The maximum absolute atomic E-state index is 8.39. The molecule has 0 radical (unpaired) electrons. The summed E-state index contributed by atoms with van der Waals surface area (Å²) in [5, 5.41) is 11.6. The van der Waals surface area contributed by atoms with Crippen molar-refractivity contribution in [2.24, 2.45) is 5.92 Å². The first kappa shape index (κ1) is 4.34. The number of hydrogen-bond acceptors (Lipinski definition) is 2. The van der Waals surface area contributed by atoms with E-state index >= 15 is 0 Å². The third-order valence-corrected chi connectivity index (χ3v) is 2.03.